The molecule has 24 heavy (non-hydrogen) atoms. The van der Waals surface area contributed by atoms with Crippen molar-refractivity contribution >= 4 is 11.6 Å². The molecule has 2 aliphatic heterocycles. The number of likely N-dealkylation sites (tertiary alicyclic amines) is 1. The standard InChI is InChI=1S/C19H22N4O/c1-15-4-2-5-16(21-15)13-22-10-7-19(14-22)8-11-23(18(19)24)17-6-3-9-20-12-17/h2-6,9,12H,7-8,10-11,13-14H2,1H3/t19-/m0/s1. The highest BCUT2D eigenvalue weighted by molar-refractivity contribution is 6.00. The molecule has 2 aromatic rings. The predicted octanol–water partition coefficient (Wildman–Crippen LogP) is 2.41. The molecular weight excluding hydrogens is 300 g/mol. The molecule has 4 heterocycles. The van der Waals surface area contributed by atoms with Crippen LogP contribution in [0.4, 0.5) is 5.69 Å². The van der Waals surface area contributed by atoms with E-state index in [1.54, 1.807) is 12.4 Å². The Labute approximate surface area is 142 Å². The fraction of sp³-hybridized carbons (Fsp3) is 0.421. The number of hydrogen-bond donors (Lipinski definition) is 0. The Morgan fingerprint density at radius 1 is 1.17 bits per heavy atom. The van der Waals surface area contributed by atoms with Gasteiger partial charge >= 0.3 is 0 Å². The van der Waals surface area contributed by atoms with Crippen molar-refractivity contribution in [2.75, 3.05) is 24.5 Å². The van der Waals surface area contributed by atoms with E-state index in [4.69, 9.17) is 0 Å². The van der Waals surface area contributed by atoms with Crippen molar-refractivity contribution < 1.29 is 4.79 Å². The van der Waals surface area contributed by atoms with E-state index in [0.29, 0.717) is 0 Å². The van der Waals surface area contributed by atoms with Crippen molar-refractivity contribution in [1.82, 2.24) is 14.9 Å². The van der Waals surface area contributed by atoms with Crippen LogP contribution in [0.15, 0.2) is 42.7 Å². The zero-order valence-corrected chi connectivity index (χ0v) is 14.0. The van der Waals surface area contributed by atoms with E-state index >= 15 is 0 Å². The van der Waals surface area contributed by atoms with Gasteiger partial charge in [-0.15, -0.1) is 0 Å². The molecule has 5 heteroatoms. The summed E-state index contributed by atoms with van der Waals surface area (Å²) in [6.45, 7) is 5.42. The summed E-state index contributed by atoms with van der Waals surface area (Å²) in [6.07, 6.45) is 5.39. The van der Waals surface area contributed by atoms with Crippen LogP contribution < -0.4 is 4.90 Å². The summed E-state index contributed by atoms with van der Waals surface area (Å²) in [6, 6.07) is 9.98. The number of amides is 1. The molecule has 5 nitrogen and oxygen atoms in total. The van der Waals surface area contributed by atoms with Crippen molar-refractivity contribution in [1.29, 1.82) is 0 Å². The highest BCUT2D eigenvalue weighted by atomic mass is 16.2. The number of hydrogen-bond acceptors (Lipinski definition) is 4. The molecule has 124 valence electrons. The van der Waals surface area contributed by atoms with Gasteiger partial charge in [0.05, 0.1) is 23.0 Å². The van der Waals surface area contributed by atoms with Gasteiger partial charge in [-0.3, -0.25) is 19.7 Å². The van der Waals surface area contributed by atoms with Gasteiger partial charge in [-0.25, -0.2) is 0 Å². The molecule has 0 aliphatic carbocycles. The van der Waals surface area contributed by atoms with Gasteiger partial charge in [0.15, 0.2) is 0 Å². The minimum atomic E-state index is -0.223. The maximum absolute atomic E-state index is 13.0. The van der Waals surface area contributed by atoms with Gasteiger partial charge in [-0.1, -0.05) is 6.07 Å². The molecule has 0 bridgehead atoms. The highest BCUT2D eigenvalue weighted by Crippen LogP contribution is 2.42. The Morgan fingerprint density at radius 3 is 2.83 bits per heavy atom. The van der Waals surface area contributed by atoms with Gasteiger partial charge in [0.25, 0.3) is 0 Å². The van der Waals surface area contributed by atoms with Gasteiger partial charge in [0, 0.05) is 31.5 Å². The summed E-state index contributed by atoms with van der Waals surface area (Å²) < 4.78 is 0. The van der Waals surface area contributed by atoms with Crippen LogP contribution in [0.1, 0.15) is 24.2 Å². The largest absolute Gasteiger partial charge is 0.310 e. The number of anilines is 1. The fourth-order valence-electron chi connectivity index (χ4n) is 3.97. The van der Waals surface area contributed by atoms with Crippen LogP contribution in [-0.4, -0.2) is 40.4 Å². The third-order valence-corrected chi connectivity index (χ3v) is 5.23. The van der Waals surface area contributed by atoms with Crippen LogP contribution in [0.25, 0.3) is 0 Å². The fourth-order valence-corrected chi connectivity index (χ4v) is 3.97. The van der Waals surface area contributed by atoms with Crippen molar-refractivity contribution in [3.8, 4) is 0 Å². The number of rotatable bonds is 3. The first kappa shape index (κ1) is 15.3. The van der Waals surface area contributed by atoms with Gasteiger partial charge < -0.3 is 4.90 Å². The average molecular weight is 322 g/mol. The van der Waals surface area contributed by atoms with Gasteiger partial charge in [0.1, 0.15) is 0 Å². The number of carbonyl (C=O) groups excluding carboxylic acids is 1. The predicted molar refractivity (Wildman–Crippen MR) is 92.5 cm³/mol. The van der Waals surface area contributed by atoms with E-state index in [0.717, 1.165) is 56.1 Å². The molecule has 2 fully saturated rings. The Balaban J connectivity index is 1.47. The van der Waals surface area contributed by atoms with Crippen LogP contribution in [0, 0.1) is 12.3 Å². The third kappa shape index (κ3) is 2.69. The molecule has 0 unspecified atom stereocenters. The quantitative estimate of drug-likeness (QED) is 0.871. The van der Waals surface area contributed by atoms with Crippen LogP contribution in [0.3, 0.4) is 0 Å². The second kappa shape index (κ2) is 5.98. The minimum Gasteiger partial charge on any atom is -0.310 e. The lowest BCUT2D eigenvalue weighted by molar-refractivity contribution is -0.125. The Bertz CT molecular complexity index is 748. The van der Waals surface area contributed by atoms with E-state index < -0.39 is 0 Å². The van der Waals surface area contributed by atoms with E-state index in [9.17, 15) is 4.79 Å². The Morgan fingerprint density at radius 2 is 2.04 bits per heavy atom. The van der Waals surface area contributed by atoms with Crippen molar-refractivity contribution in [2.45, 2.75) is 26.3 Å². The molecule has 4 rings (SSSR count). The second-order valence-electron chi connectivity index (χ2n) is 6.93. The maximum atomic E-state index is 13.0. The normalized spacial score (nSPS) is 24.2. The second-order valence-corrected chi connectivity index (χ2v) is 6.93. The molecule has 0 N–H and O–H groups in total. The zero-order valence-electron chi connectivity index (χ0n) is 14.0. The molecule has 1 spiro atoms. The Hall–Kier alpha value is -2.27. The molecule has 2 aromatic heterocycles. The third-order valence-electron chi connectivity index (χ3n) is 5.23. The SMILES string of the molecule is Cc1cccc(CN2CC[C@]3(CCN(c4cccnc4)C3=O)C2)n1. The summed E-state index contributed by atoms with van der Waals surface area (Å²) in [7, 11) is 0. The smallest absolute Gasteiger partial charge is 0.234 e. The first-order valence-electron chi connectivity index (χ1n) is 8.53. The summed E-state index contributed by atoms with van der Waals surface area (Å²) >= 11 is 0. The van der Waals surface area contributed by atoms with Crippen molar-refractivity contribution in [2.24, 2.45) is 5.41 Å². The van der Waals surface area contributed by atoms with Gasteiger partial charge in [0.2, 0.25) is 5.91 Å². The van der Waals surface area contributed by atoms with E-state index in [-0.39, 0.29) is 11.3 Å². The molecule has 2 aliphatic rings. The van der Waals surface area contributed by atoms with Crippen molar-refractivity contribution in [3.05, 3.63) is 54.1 Å². The van der Waals surface area contributed by atoms with Crippen LogP contribution in [0.2, 0.25) is 0 Å². The first-order valence-corrected chi connectivity index (χ1v) is 8.53. The summed E-state index contributed by atoms with van der Waals surface area (Å²) in [5.74, 6) is 0.259. The first-order chi connectivity index (χ1) is 11.7. The number of nitrogens with zero attached hydrogens (tertiary/aromatic N) is 4. The van der Waals surface area contributed by atoms with Crippen LogP contribution in [-0.2, 0) is 11.3 Å². The molecule has 2 saturated heterocycles. The minimum absolute atomic E-state index is 0.223. The lowest BCUT2D eigenvalue weighted by Crippen LogP contribution is -2.37. The van der Waals surface area contributed by atoms with E-state index in [1.165, 1.54) is 0 Å². The number of pyridine rings is 2. The molecule has 0 saturated carbocycles. The summed E-state index contributed by atoms with van der Waals surface area (Å²) in [4.78, 5) is 26.0. The van der Waals surface area contributed by atoms with Crippen LogP contribution >= 0.6 is 0 Å². The maximum Gasteiger partial charge on any atom is 0.234 e. The molecule has 1 atom stereocenters. The topological polar surface area (TPSA) is 49.3 Å². The molecule has 1 amide bonds. The van der Waals surface area contributed by atoms with Crippen LogP contribution in [0.5, 0.6) is 0 Å². The number of aryl methyl sites for hydroxylation is 1. The number of aromatic nitrogens is 2. The lowest BCUT2D eigenvalue weighted by atomic mass is 9.85. The zero-order chi connectivity index (χ0) is 16.6. The average Bonchev–Trinajstić information content (AvgIpc) is 3.14. The number of carbonyl (C=O) groups is 1. The Kier molecular flexibility index (Phi) is 3.81. The van der Waals surface area contributed by atoms with E-state index in [2.05, 4.69) is 20.9 Å². The molecular formula is C19H22N4O. The molecule has 0 aromatic carbocycles. The molecule has 0 radical (unpaired) electrons. The van der Waals surface area contributed by atoms with Gasteiger partial charge in [-0.05, 0) is 50.6 Å². The monoisotopic (exact) mass is 322 g/mol. The lowest BCUT2D eigenvalue weighted by Gasteiger charge is -2.23. The summed E-state index contributed by atoms with van der Waals surface area (Å²) in [5.41, 5.74) is 2.82. The van der Waals surface area contributed by atoms with Crippen molar-refractivity contribution in [3.63, 3.8) is 0 Å². The summed E-state index contributed by atoms with van der Waals surface area (Å²) in [5, 5.41) is 0. The van der Waals surface area contributed by atoms with Gasteiger partial charge in [-0.2, -0.15) is 0 Å². The highest BCUT2D eigenvalue weighted by Gasteiger charge is 2.50. The van der Waals surface area contributed by atoms with E-state index in [1.807, 2.05) is 36.1 Å².